The third-order valence-electron chi connectivity index (χ3n) is 5.11. The minimum atomic E-state index is -0.904. The Hall–Kier alpha value is -3.31. The molecule has 154 valence electrons. The molecule has 4 aromatic rings. The van der Waals surface area contributed by atoms with Gasteiger partial charge in [-0.1, -0.05) is 76.6 Å². The molecule has 1 aromatic heterocycles. The first kappa shape index (κ1) is 20.9. The molecular formula is C26H20BrNO3. The van der Waals surface area contributed by atoms with Crippen molar-refractivity contribution in [2.45, 2.75) is 20.0 Å². The van der Waals surface area contributed by atoms with Crippen LogP contribution in [0.2, 0.25) is 0 Å². The molecule has 4 rings (SSSR count). The van der Waals surface area contributed by atoms with Crippen LogP contribution in [0.4, 0.5) is 0 Å². The summed E-state index contributed by atoms with van der Waals surface area (Å²) in [5.74, 6) is -0.787. The predicted molar refractivity (Wildman–Crippen MR) is 125 cm³/mol. The fourth-order valence-corrected chi connectivity index (χ4v) is 3.71. The van der Waals surface area contributed by atoms with E-state index in [0.29, 0.717) is 22.2 Å². The number of hydrogen-bond acceptors (Lipinski definition) is 4. The number of hydrogen-bond donors (Lipinski definition) is 0. The summed E-state index contributed by atoms with van der Waals surface area (Å²) in [4.78, 5) is 30.6. The second-order valence-corrected chi connectivity index (χ2v) is 8.23. The van der Waals surface area contributed by atoms with E-state index in [1.54, 1.807) is 37.3 Å². The van der Waals surface area contributed by atoms with Crippen LogP contribution in [0.1, 0.15) is 33.2 Å². The molecule has 5 heteroatoms. The van der Waals surface area contributed by atoms with Crippen molar-refractivity contribution in [1.29, 1.82) is 0 Å². The van der Waals surface area contributed by atoms with Crippen LogP contribution < -0.4 is 0 Å². The number of para-hydroxylation sites is 1. The quantitative estimate of drug-likeness (QED) is 0.248. The van der Waals surface area contributed by atoms with Gasteiger partial charge in [-0.25, -0.2) is 9.78 Å². The molecule has 0 unspecified atom stereocenters. The number of halogens is 1. The molecule has 0 amide bonds. The van der Waals surface area contributed by atoms with E-state index in [9.17, 15) is 9.59 Å². The number of carbonyl (C=O) groups excluding carboxylic acids is 2. The number of aryl methyl sites for hydroxylation is 1. The zero-order valence-corrected chi connectivity index (χ0v) is 18.7. The third kappa shape index (κ3) is 4.42. The van der Waals surface area contributed by atoms with Gasteiger partial charge in [0.2, 0.25) is 5.78 Å². The topological polar surface area (TPSA) is 56.3 Å². The van der Waals surface area contributed by atoms with Gasteiger partial charge in [0.25, 0.3) is 0 Å². The maximum absolute atomic E-state index is 13.1. The molecule has 0 N–H and O–H groups in total. The number of pyridine rings is 1. The van der Waals surface area contributed by atoms with Gasteiger partial charge in [0.05, 0.1) is 16.8 Å². The Kier molecular flexibility index (Phi) is 5.96. The first-order valence-corrected chi connectivity index (χ1v) is 10.7. The number of benzene rings is 3. The van der Waals surface area contributed by atoms with Crippen molar-refractivity contribution >= 4 is 38.6 Å². The van der Waals surface area contributed by atoms with Crippen LogP contribution in [0, 0.1) is 6.92 Å². The highest BCUT2D eigenvalue weighted by Gasteiger charge is 2.23. The van der Waals surface area contributed by atoms with Gasteiger partial charge < -0.3 is 4.74 Å². The van der Waals surface area contributed by atoms with Crippen LogP contribution in [-0.2, 0) is 4.74 Å². The van der Waals surface area contributed by atoms with Gasteiger partial charge >= 0.3 is 5.97 Å². The number of fused-ring (bicyclic) bond motifs is 1. The fraction of sp³-hybridized carbons (Fsp3) is 0.115. The highest BCUT2D eigenvalue weighted by molar-refractivity contribution is 9.10. The Morgan fingerprint density at radius 1 is 0.935 bits per heavy atom. The first-order chi connectivity index (χ1) is 14.9. The molecule has 3 aromatic carbocycles. The van der Waals surface area contributed by atoms with Crippen molar-refractivity contribution in [3.05, 3.63) is 100 Å². The maximum atomic E-state index is 13.1. The van der Waals surface area contributed by atoms with Gasteiger partial charge in [-0.05, 0) is 37.6 Å². The number of aromatic nitrogens is 1. The Labute approximate surface area is 189 Å². The smallest absolute Gasteiger partial charge is 0.339 e. The highest BCUT2D eigenvalue weighted by atomic mass is 79.9. The van der Waals surface area contributed by atoms with Crippen LogP contribution in [0.3, 0.4) is 0 Å². The lowest BCUT2D eigenvalue weighted by atomic mass is 10.0. The Morgan fingerprint density at radius 3 is 2.35 bits per heavy atom. The average molecular weight is 474 g/mol. The summed E-state index contributed by atoms with van der Waals surface area (Å²) in [7, 11) is 0. The standard InChI is InChI=1S/C26H20BrNO3/c1-16-7-6-10-21-22(15-23(28-24(16)21)18-11-13-20(27)14-12-18)26(30)31-17(2)25(29)19-8-4-3-5-9-19/h3-15,17H,1-2H3/t17-/m1/s1. The van der Waals surface area contributed by atoms with E-state index in [0.717, 1.165) is 21.1 Å². The monoisotopic (exact) mass is 473 g/mol. The second-order valence-electron chi connectivity index (χ2n) is 7.31. The molecule has 0 spiro atoms. The van der Waals surface area contributed by atoms with Crippen LogP contribution in [0.15, 0.2) is 83.3 Å². The number of ether oxygens (including phenoxy) is 1. The third-order valence-corrected chi connectivity index (χ3v) is 5.64. The number of esters is 1. The zero-order chi connectivity index (χ0) is 22.0. The number of rotatable bonds is 5. The molecule has 0 saturated carbocycles. The lowest BCUT2D eigenvalue weighted by molar-refractivity contribution is 0.0320. The minimum Gasteiger partial charge on any atom is -0.451 e. The van der Waals surface area contributed by atoms with Crippen LogP contribution in [-0.4, -0.2) is 22.8 Å². The van der Waals surface area contributed by atoms with E-state index in [1.807, 2.05) is 55.5 Å². The minimum absolute atomic E-state index is 0.239. The molecule has 0 saturated heterocycles. The van der Waals surface area contributed by atoms with E-state index in [1.165, 1.54) is 0 Å². The molecule has 0 fully saturated rings. The average Bonchev–Trinajstić information content (AvgIpc) is 2.79. The summed E-state index contributed by atoms with van der Waals surface area (Å²) in [5, 5.41) is 0.699. The molecule has 4 nitrogen and oxygen atoms in total. The second kappa shape index (κ2) is 8.82. The SMILES string of the molecule is Cc1cccc2c(C(=O)O[C@H](C)C(=O)c3ccccc3)cc(-c3ccc(Br)cc3)nc12. The predicted octanol–water partition coefficient (Wildman–Crippen LogP) is 6.40. The number of ketones is 1. The number of nitrogens with zero attached hydrogens (tertiary/aromatic N) is 1. The molecule has 1 heterocycles. The number of Topliss-reactive ketones (excluding diaryl/α,β-unsaturated/α-hetero) is 1. The van der Waals surface area contributed by atoms with Crippen LogP contribution in [0.5, 0.6) is 0 Å². The van der Waals surface area contributed by atoms with Crippen molar-refractivity contribution in [2.75, 3.05) is 0 Å². The summed E-state index contributed by atoms with van der Waals surface area (Å²) >= 11 is 3.44. The lowest BCUT2D eigenvalue weighted by Gasteiger charge is -2.15. The maximum Gasteiger partial charge on any atom is 0.339 e. The van der Waals surface area contributed by atoms with Crippen molar-refractivity contribution in [3.63, 3.8) is 0 Å². The molecule has 0 bridgehead atoms. The Morgan fingerprint density at radius 2 is 1.65 bits per heavy atom. The summed E-state index contributed by atoms with van der Waals surface area (Å²) in [6.07, 6.45) is -0.904. The first-order valence-electron chi connectivity index (χ1n) is 9.90. The molecule has 0 radical (unpaired) electrons. The molecule has 31 heavy (non-hydrogen) atoms. The fourth-order valence-electron chi connectivity index (χ4n) is 3.44. The Balaban J connectivity index is 1.73. The van der Waals surface area contributed by atoms with E-state index in [-0.39, 0.29) is 5.78 Å². The number of carbonyl (C=O) groups is 2. The van der Waals surface area contributed by atoms with Crippen molar-refractivity contribution in [3.8, 4) is 11.3 Å². The molecule has 0 aliphatic carbocycles. The highest BCUT2D eigenvalue weighted by Crippen LogP contribution is 2.28. The normalized spacial score (nSPS) is 11.8. The van der Waals surface area contributed by atoms with Crippen molar-refractivity contribution < 1.29 is 14.3 Å². The van der Waals surface area contributed by atoms with E-state index < -0.39 is 12.1 Å². The zero-order valence-electron chi connectivity index (χ0n) is 17.1. The largest absolute Gasteiger partial charge is 0.451 e. The molecule has 0 aliphatic rings. The summed E-state index contributed by atoms with van der Waals surface area (Å²) in [6.45, 7) is 3.55. The Bertz CT molecular complexity index is 1270. The summed E-state index contributed by atoms with van der Waals surface area (Å²) in [5.41, 5.74) is 4.14. The van der Waals surface area contributed by atoms with E-state index in [2.05, 4.69) is 15.9 Å². The molecule has 0 aliphatic heterocycles. The van der Waals surface area contributed by atoms with Crippen molar-refractivity contribution in [2.24, 2.45) is 0 Å². The van der Waals surface area contributed by atoms with Gasteiger partial charge in [0.1, 0.15) is 0 Å². The van der Waals surface area contributed by atoms with Crippen LogP contribution in [0.25, 0.3) is 22.2 Å². The van der Waals surface area contributed by atoms with Gasteiger partial charge in [-0.2, -0.15) is 0 Å². The van der Waals surface area contributed by atoms with Gasteiger partial charge in [-0.15, -0.1) is 0 Å². The van der Waals surface area contributed by atoms with Crippen LogP contribution >= 0.6 is 15.9 Å². The molecule has 1 atom stereocenters. The van der Waals surface area contributed by atoms with Crippen molar-refractivity contribution in [1.82, 2.24) is 4.98 Å². The van der Waals surface area contributed by atoms with Gasteiger partial charge in [-0.3, -0.25) is 4.79 Å². The summed E-state index contributed by atoms with van der Waals surface area (Å²) in [6, 6.07) is 24.0. The van der Waals surface area contributed by atoms with Gasteiger partial charge in [0, 0.05) is 21.0 Å². The molecular weight excluding hydrogens is 454 g/mol. The van der Waals surface area contributed by atoms with E-state index in [4.69, 9.17) is 9.72 Å². The van der Waals surface area contributed by atoms with E-state index >= 15 is 0 Å². The lowest BCUT2D eigenvalue weighted by Crippen LogP contribution is -2.24. The van der Waals surface area contributed by atoms with Gasteiger partial charge in [0.15, 0.2) is 6.10 Å². The summed E-state index contributed by atoms with van der Waals surface area (Å²) < 4.78 is 6.55.